The lowest BCUT2D eigenvalue weighted by Gasteiger charge is -2.58. The molecule has 1 spiro atoms. The number of hydrogen-bond donors (Lipinski definition) is 1. The molecule has 3 aliphatic rings. The predicted octanol–water partition coefficient (Wildman–Crippen LogP) is 3.95. The van der Waals surface area contributed by atoms with E-state index in [4.69, 9.17) is 0 Å². The summed E-state index contributed by atoms with van der Waals surface area (Å²) >= 11 is 0. The van der Waals surface area contributed by atoms with Crippen molar-refractivity contribution in [3.8, 4) is 0 Å². The van der Waals surface area contributed by atoms with E-state index in [1.54, 1.807) is 0 Å². The van der Waals surface area contributed by atoms with Crippen LogP contribution in [-0.4, -0.2) is 36.1 Å². The molecule has 2 heteroatoms. The average Bonchev–Trinajstić information content (AvgIpc) is 2.47. The molecule has 1 N–H and O–H groups in total. The van der Waals surface area contributed by atoms with E-state index in [9.17, 15) is 0 Å². The van der Waals surface area contributed by atoms with Gasteiger partial charge in [-0.3, -0.25) is 4.90 Å². The molecule has 1 heterocycles. The van der Waals surface area contributed by atoms with E-state index >= 15 is 0 Å². The van der Waals surface area contributed by atoms with Gasteiger partial charge in [0.05, 0.1) is 0 Å². The Bertz CT molecular complexity index is 301. The van der Waals surface area contributed by atoms with Gasteiger partial charge in [-0.05, 0) is 64.3 Å². The Morgan fingerprint density at radius 2 is 1.80 bits per heavy atom. The van der Waals surface area contributed by atoms with Gasteiger partial charge in [-0.2, -0.15) is 0 Å². The lowest BCUT2D eigenvalue weighted by Crippen LogP contribution is -2.60. The van der Waals surface area contributed by atoms with Crippen LogP contribution in [0.1, 0.15) is 78.1 Å². The molecule has 2 aliphatic carbocycles. The second-order valence-electron chi connectivity index (χ2n) is 7.91. The predicted molar refractivity (Wildman–Crippen MR) is 86.0 cm³/mol. The van der Waals surface area contributed by atoms with Crippen molar-refractivity contribution < 1.29 is 0 Å². The van der Waals surface area contributed by atoms with E-state index < -0.39 is 0 Å². The molecule has 0 radical (unpaired) electrons. The molecular formula is C18H34N2. The number of hydrogen-bond acceptors (Lipinski definition) is 2. The van der Waals surface area contributed by atoms with Gasteiger partial charge in [0, 0.05) is 24.7 Å². The van der Waals surface area contributed by atoms with Crippen molar-refractivity contribution in [3.63, 3.8) is 0 Å². The molecule has 3 fully saturated rings. The van der Waals surface area contributed by atoms with Crippen LogP contribution in [0.3, 0.4) is 0 Å². The normalized spacial score (nSPS) is 33.6. The molecule has 2 atom stereocenters. The first kappa shape index (κ1) is 14.8. The van der Waals surface area contributed by atoms with Crippen molar-refractivity contribution in [1.82, 2.24) is 10.2 Å². The lowest BCUT2D eigenvalue weighted by atomic mass is 9.56. The average molecular weight is 278 g/mol. The van der Waals surface area contributed by atoms with Crippen LogP contribution in [0.15, 0.2) is 0 Å². The minimum atomic E-state index is 0.711. The van der Waals surface area contributed by atoms with E-state index in [0.717, 1.165) is 17.5 Å². The fourth-order valence-corrected chi connectivity index (χ4v) is 5.07. The molecule has 0 bridgehead atoms. The Balaban J connectivity index is 1.64. The third kappa shape index (κ3) is 2.92. The van der Waals surface area contributed by atoms with Crippen LogP contribution in [0.4, 0.5) is 0 Å². The van der Waals surface area contributed by atoms with Crippen LogP contribution >= 0.6 is 0 Å². The molecule has 1 saturated heterocycles. The standard InChI is InChI=1S/C18H34N2/c1-15(2)20(14-16-8-4-7-13-19-16)17-9-12-18(17)10-5-3-6-11-18/h15-17,19H,3-14H2,1-2H3. The highest BCUT2D eigenvalue weighted by Gasteiger charge is 2.49. The van der Waals surface area contributed by atoms with Crippen molar-refractivity contribution >= 4 is 0 Å². The molecule has 116 valence electrons. The molecule has 0 aromatic rings. The Labute approximate surface area is 125 Å². The van der Waals surface area contributed by atoms with Crippen molar-refractivity contribution in [2.75, 3.05) is 13.1 Å². The van der Waals surface area contributed by atoms with Gasteiger partial charge in [0.25, 0.3) is 0 Å². The minimum Gasteiger partial charge on any atom is -0.313 e. The van der Waals surface area contributed by atoms with Crippen molar-refractivity contribution in [2.24, 2.45) is 5.41 Å². The quantitative estimate of drug-likeness (QED) is 0.837. The van der Waals surface area contributed by atoms with Gasteiger partial charge >= 0.3 is 0 Å². The van der Waals surface area contributed by atoms with Crippen molar-refractivity contribution in [2.45, 2.75) is 96.2 Å². The molecule has 0 amide bonds. The Kier molecular flexibility index (Phi) is 4.72. The SMILES string of the molecule is CC(C)N(CC1CCCCN1)C1CCC12CCCCC2. The summed E-state index contributed by atoms with van der Waals surface area (Å²) in [6.45, 7) is 7.37. The van der Waals surface area contributed by atoms with Crippen LogP contribution in [0.25, 0.3) is 0 Å². The molecule has 0 aromatic carbocycles. The van der Waals surface area contributed by atoms with Crippen LogP contribution in [-0.2, 0) is 0 Å². The number of piperidine rings is 1. The zero-order valence-electron chi connectivity index (χ0n) is 13.7. The highest BCUT2D eigenvalue weighted by atomic mass is 15.2. The highest BCUT2D eigenvalue weighted by molar-refractivity contribution is 5.04. The molecule has 20 heavy (non-hydrogen) atoms. The first-order valence-corrected chi connectivity index (χ1v) is 9.20. The molecule has 2 nitrogen and oxygen atoms in total. The monoisotopic (exact) mass is 278 g/mol. The van der Waals surface area contributed by atoms with E-state index in [1.807, 2.05) is 0 Å². The van der Waals surface area contributed by atoms with Crippen molar-refractivity contribution in [1.29, 1.82) is 0 Å². The topological polar surface area (TPSA) is 15.3 Å². The third-order valence-corrected chi connectivity index (χ3v) is 6.38. The second kappa shape index (κ2) is 6.36. The van der Waals surface area contributed by atoms with Crippen LogP contribution in [0, 0.1) is 5.41 Å². The maximum atomic E-state index is 3.76. The first-order chi connectivity index (χ1) is 9.71. The summed E-state index contributed by atoms with van der Waals surface area (Å²) in [6.07, 6.45) is 14.7. The maximum Gasteiger partial charge on any atom is 0.0195 e. The van der Waals surface area contributed by atoms with E-state index in [2.05, 4.69) is 24.1 Å². The van der Waals surface area contributed by atoms with E-state index in [1.165, 1.54) is 77.3 Å². The van der Waals surface area contributed by atoms with Gasteiger partial charge < -0.3 is 5.32 Å². The molecule has 3 rings (SSSR count). The summed E-state index contributed by atoms with van der Waals surface area (Å²) < 4.78 is 0. The van der Waals surface area contributed by atoms with Crippen LogP contribution in [0.2, 0.25) is 0 Å². The third-order valence-electron chi connectivity index (χ3n) is 6.38. The number of rotatable bonds is 4. The fraction of sp³-hybridized carbons (Fsp3) is 1.00. The summed E-state index contributed by atoms with van der Waals surface area (Å²) in [7, 11) is 0. The molecule has 1 aliphatic heterocycles. The summed E-state index contributed by atoms with van der Waals surface area (Å²) in [4.78, 5) is 2.87. The van der Waals surface area contributed by atoms with Gasteiger partial charge in [-0.1, -0.05) is 25.7 Å². The smallest absolute Gasteiger partial charge is 0.0195 e. The minimum absolute atomic E-state index is 0.711. The molecule has 2 saturated carbocycles. The van der Waals surface area contributed by atoms with Crippen LogP contribution < -0.4 is 5.32 Å². The first-order valence-electron chi connectivity index (χ1n) is 9.20. The maximum absolute atomic E-state index is 3.76. The fourth-order valence-electron chi connectivity index (χ4n) is 5.07. The Morgan fingerprint density at radius 3 is 2.35 bits per heavy atom. The second-order valence-corrected chi connectivity index (χ2v) is 7.91. The zero-order chi connectivity index (χ0) is 14.0. The summed E-state index contributed by atoms with van der Waals surface area (Å²) in [5, 5.41) is 3.76. The van der Waals surface area contributed by atoms with Gasteiger partial charge in [-0.25, -0.2) is 0 Å². The lowest BCUT2D eigenvalue weighted by molar-refractivity contribution is -0.0694. The largest absolute Gasteiger partial charge is 0.313 e. The molecular weight excluding hydrogens is 244 g/mol. The van der Waals surface area contributed by atoms with E-state index in [0.29, 0.717) is 6.04 Å². The number of nitrogens with one attached hydrogen (secondary N) is 1. The van der Waals surface area contributed by atoms with Crippen LogP contribution in [0.5, 0.6) is 0 Å². The molecule has 2 unspecified atom stereocenters. The highest BCUT2D eigenvalue weighted by Crippen LogP contribution is 2.54. The van der Waals surface area contributed by atoms with Gasteiger partial charge in [0.15, 0.2) is 0 Å². The Morgan fingerprint density at radius 1 is 1.00 bits per heavy atom. The zero-order valence-corrected chi connectivity index (χ0v) is 13.7. The Hall–Kier alpha value is -0.0800. The summed E-state index contributed by atoms with van der Waals surface area (Å²) in [5.74, 6) is 0. The van der Waals surface area contributed by atoms with E-state index in [-0.39, 0.29) is 0 Å². The van der Waals surface area contributed by atoms with Gasteiger partial charge in [-0.15, -0.1) is 0 Å². The molecule has 0 aromatic heterocycles. The number of nitrogens with zero attached hydrogens (tertiary/aromatic N) is 1. The van der Waals surface area contributed by atoms with Gasteiger partial charge in [0.1, 0.15) is 0 Å². The van der Waals surface area contributed by atoms with Gasteiger partial charge in [0.2, 0.25) is 0 Å². The summed E-state index contributed by atoms with van der Waals surface area (Å²) in [5.41, 5.74) is 0.719. The summed E-state index contributed by atoms with van der Waals surface area (Å²) in [6, 6.07) is 2.36. The van der Waals surface area contributed by atoms with Crippen molar-refractivity contribution in [3.05, 3.63) is 0 Å².